The third kappa shape index (κ3) is 3.50. The van der Waals surface area contributed by atoms with Gasteiger partial charge in [0.15, 0.2) is 0 Å². The Hall–Kier alpha value is -1.11. The molecule has 0 spiro atoms. The van der Waals surface area contributed by atoms with Crippen LogP contribution in [-0.2, 0) is 23.1 Å². The lowest BCUT2D eigenvalue weighted by molar-refractivity contribution is -0.141. The average Bonchev–Trinajstić information content (AvgIpc) is 2.23. The van der Waals surface area contributed by atoms with Crippen LogP contribution in [0.25, 0.3) is 0 Å². The Morgan fingerprint density at radius 3 is 2.00 bits per heavy atom. The topological polar surface area (TPSA) is 117 Å². The van der Waals surface area contributed by atoms with Gasteiger partial charge in [0.05, 0.1) is 7.11 Å². The Morgan fingerprint density at radius 2 is 1.73 bits per heavy atom. The van der Waals surface area contributed by atoms with E-state index in [-0.39, 0.29) is 0 Å². The number of methoxy groups -OCH3 is 1. The van der Waals surface area contributed by atoms with Crippen LogP contribution in [0.5, 0.6) is 0 Å². The molecule has 0 aromatic carbocycles. The standard InChI is InChI=1S/C6H13N2O6P/c1-12-5(9)4(8-6(7)10)15(11,13-2)14-3/h4H,1-3H3,(H3,7,8,10). The number of carbonyl (C=O) groups is 2. The fourth-order valence-corrected chi connectivity index (χ4v) is 2.02. The lowest BCUT2D eigenvalue weighted by Gasteiger charge is -2.21. The van der Waals surface area contributed by atoms with Crippen LogP contribution in [-0.4, -0.2) is 39.1 Å². The molecule has 88 valence electrons. The first-order valence-corrected chi connectivity index (χ1v) is 5.37. The van der Waals surface area contributed by atoms with Gasteiger partial charge in [-0.15, -0.1) is 0 Å². The summed E-state index contributed by atoms with van der Waals surface area (Å²) in [6.45, 7) is 0. The Bertz CT molecular complexity index is 285. The summed E-state index contributed by atoms with van der Waals surface area (Å²) >= 11 is 0. The first-order chi connectivity index (χ1) is 6.91. The van der Waals surface area contributed by atoms with E-state index in [0.717, 1.165) is 21.3 Å². The van der Waals surface area contributed by atoms with Gasteiger partial charge in [0.25, 0.3) is 0 Å². The highest BCUT2D eigenvalue weighted by Crippen LogP contribution is 2.50. The number of carbonyl (C=O) groups excluding carboxylic acids is 2. The number of nitrogens with one attached hydrogen (secondary N) is 1. The van der Waals surface area contributed by atoms with Crippen molar-refractivity contribution in [2.24, 2.45) is 5.73 Å². The largest absolute Gasteiger partial charge is 0.467 e. The van der Waals surface area contributed by atoms with Crippen molar-refractivity contribution in [1.29, 1.82) is 0 Å². The van der Waals surface area contributed by atoms with Gasteiger partial charge < -0.3 is 24.8 Å². The minimum atomic E-state index is -3.80. The van der Waals surface area contributed by atoms with Crippen LogP contribution < -0.4 is 11.1 Å². The SMILES string of the molecule is COC(=O)C(NC(N)=O)P(=O)(OC)OC. The molecule has 2 amide bonds. The summed E-state index contributed by atoms with van der Waals surface area (Å²) in [5.74, 6) is -2.55. The highest BCUT2D eigenvalue weighted by Gasteiger charge is 2.41. The second kappa shape index (κ2) is 5.69. The third-order valence-corrected chi connectivity index (χ3v) is 3.52. The van der Waals surface area contributed by atoms with Crippen LogP contribution >= 0.6 is 7.60 Å². The van der Waals surface area contributed by atoms with Gasteiger partial charge >= 0.3 is 19.6 Å². The molecule has 15 heavy (non-hydrogen) atoms. The minimum Gasteiger partial charge on any atom is -0.467 e. The Balaban J connectivity index is 4.99. The van der Waals surface area contributed by atoms with Crippen molar-refractivity contribution in [2.75, 3.05) is 21.3 Å². The molecule has 0 saturated heterocycles. The van der Waals surface area contributed by atoms with Gasteiger partial charge in [0.2, 0.25) is 5.78 Å². The molecule has 3 N–H and O–H groups in total. The van der Waals surface area contributed by atoms with Crippen LogP contribution in [0.2, 0.25) is 0 Å². The lowest BCUT2D eigenvalue weighted by Crippen LogP contribution is -2.44. The first kappa shape index (κ1) is 13.9. The molecule has 0 fully saturated rings. The summed E-state index contributed by atoms with van der Waals surface area (Å²) in [5.41, 5.74) is 4.80. The van der Waals surface area contributed by atoms with Crippen molar-refractivity contribution in [1.82, 2.24) is 5.32 Å². The maximum atomic E-state index is 11.8. The van der Waals surface area contributed by atoms with Gasteiger partial charge in [-0.1, -0.05) is 0 Å². The summed E-state index contributed by atoms with van der Waals surface area (Å²) in [7, 11) is -0.597. The van der Waals surface area contributed by atoms with E-state index in [2.05, 4.69) is 13.8 Å². The third-order valence-electron chi connectivity index (χ3n) is 1.53. The van der Waals surface area contributed by atoms with Crippen molar-refractivity contribution in [3.63, 3.8) is 0 Å². The van der Waals surface area contributed by atoms with Crippen molar-refractivity contribution in [2.45, 2.75) is 5.78 Å². The molecular weight excluding hydrogens is 227 g/mol. The van der Waals surface area contributed by atoms with E-state index in [0.29, 0.717) is 0 Å². The number of esters is 1. The number of hydrogen-bond donors (Lipinski definition) is 2. The zero-order valence-corrected chi connectivity index (χ0v) is 9.45. The minimum absolute atomic E-state index is 0.971. The van der Waals surface area contributed by atoms with Gasteiger partial charge in [0, 0.05) is 14.2 Å². The van der Waals surface area contributed by atoms with Gasteiger partial charge in [-0.2, -0.15) is 0 Å². The van der Waals surface area contributed by atoms with E-state index in [1.165, 1.54) is 0 Å². The predicted octanol–water partition coefficient (Wildman–Crippen LogP) is -0.360. The summed E-state index contributed by atoms with van der Waals surface area (Å²) in [6, 6.07) is -1.04. The van der Waals surface area contributed by atoms with Crippen molar-refractivity contribution in [3.05, 3.63) is 0 Å². The number of amides is 2. The van der Waals surface area contributed by atoms with Gasteiger partial charge in [-0.3, -0.25) is 4.57 Å². The normalized spacial score (nSPS) is 13.0. The molecule has 1 atom stereocenters. The fraction of sp³-hybridized carbons (Fsp3) is 0.667. The van der Waals surface area contributed by atoms with E-state index in [4.69, 9.17) is 5.73 Å². The molecule has 0 rings (SSSR count). The Morgan fingerprint density at radius 1 is 1.27 bits per heavy atom. The fourth-order valence-electron chi connectivity index (χ4n) is 0.799. The zero-order valence-electron chi connectivity index (χ0n) is 8.55. The van der Waals surface area contributed by atoms with Crippen LogP contribution in [0.1, 0.15) is 0 Å². The molecule has 0 radical (unpaired) electrons. The van der Waals surface area contributed by atoms with Crippen molar-refractivity contribution < 1.29 is 27.9 Å². The van der Waals surface area contributed by atoms with E-state index in [1.807, 2.05) is 5.32 Å². The molecule has 0 aromatic heterocycles. The highest BCUT2D eigenvalue weighted by atomic mass is 31.2. The molecular formula is C6H13N2O6P. The van der Waals surface area contributed by atoms with Gasteiger partial charge in [-0.05, 0) is 0 Å². The maximum Gasteiger partial charge on any atom is 0.363 e. The second-order valence-corrected chi connectivity index (χ2v) is 4.67. The van der Waals surface area contributed by atoms with E-state index in [9.17, 15) is 14.2 Å². The molecule has 0 aliphatic carbocycles. The highest BCUT2D eigenvalue weighted by molar-refractivity contribution is 7.55. The Kier molecular flexibility index (Phi) is 5.27. The van der Waals surface area contributed by atoms with E-state index in [1.54, 1.807) is 0 Å². The monoisotopic (exact) mass is 240 g/mol. The second-order valence-electron chi connectivity index (χ2n) is 2.34. The lowest BCUT2D eigenvalue weighted by atomic mass is 10.6. The molecule has 0 aliphatic heterocycles. The number of urea groups is 1. The number of ether oxygens (including phenoxy) is 1. The van der Waals surface area contributed by atoms with Crippen LogP contribution in [0, 0.1) is 0 Å². The molecule has 0 heterocycles. The summed E-state index contributed by atoms with van der Waals surface area (Å²) in [5, 5.41) is 1.92. The quantitative estimate of drug-likeness (QED) is 0.500. The van der Waals surface area contributed by atoms with Crippen LogP contribution in [0.4, 0.5) is 4.79 Å². The van der Waals surface area contributed by atoms with Crippen molar-refractivity contribution in [3.8, 4) is 0 Å². The zero-order chi connectivity index (χ0) is 12.1. The number of rotatable bonds is 5. The van der Waals surface area contributed by atoms with Crippen LogP contribution in [0.15, 0.2) is 0 Å². The summed E-state index contributed by atoms with van der Waals surface area (Å²) in [4.78, 5) is 21.8. The van der Waals surface area contributed by atoms with Gasteiger partial charge in [0.1, 0.15) is 0 Å². The first-order valence-electron chi connectivity index (χ1n) is 3.76. The molecule has 0 bridgehead atoms. The number of primary amides is 1. The number of hydrogen-bond acceptors (Lipinski definition) is 6. The molecule has 0 aromatic rings. The smallest absolute Gasteiger partial charge is 0.363 e. The average molecular weight is 240 g/mol. The molecule has 9 heteroatoms. The predicted molar refractivity (Wildman–Crippen MR) is 50.1 cm³/mol. The molecule has 1 unspecified atom stereocenters. The van der Waals surface area contributed by atoms with Crippen LogP contribution in [0.3, 0.4) is 0 Å². The molecule has 0 aliphatic rings. The number of nitrogens with two attached hydrogens (primary N) is 1. The maximum absolute atomic E-state index is 11.8. The van der Waals surface area contributed by atoms with Crippen molar-refractivity contribution >= 4 is 19.6 Å². The van der Waals surface area contributed by atoms with E-state index < -0.39 is 25.4 Å². The molecule has 8 nitrogen and oxygen atoms in total. The van der Waals surface area contributed by atoms with E-state index >= 15 is 0 Å². The molecule has 0 saturated carbocycles. The summed E-state index contributed by atoms with van der Waals surface area (Å²) in [6.07, 6.45) is 0. The van der Waals surface area contributed by atoms with Gasteiger partial charge in [-0.25, -0.2) is 9.59 Å². The summed E-state index contributed by atoms with van der Waals surface area (Å²) < 4.78 is 25.2. The Labute approximate surface area is 86.6 Å².